The average molecular weight is 583 g/mol. The second-order valence-corrected chi connectivity index (χ2v) is 12.6. The van der Waals surface area contributed by atoms with Gasteiger partial charge in [-0.25, -0.2) is 0 Å². The van der Waals surface area contributed by atoms with Gasteiger partial charge in [0.05, 0.1) is 10.6 Å². The van der Waals surface area contributed by atoms with E-state index in [4.69, 9.17) is 18.1 Å². The first-order chi connectivity index (χ1) is 20.8. The maximum atomic E-state index is 6.73. The van der Waals surface area contributed by atoms with Crippen molar-refractivity contribution in [2.75, 3.05) is 0 Å². The van der Waals surface area contributed by atoms with Crippen LogP contribution in [0.15, 0.2) is 146 Å². The minimum Gasteiger partial charge on any atom is -0.435 e. The van der Waals surface area contributed by atoms with Gasteiger partial charge in [0.15, 0.2) is 0 Å². The van der Waals surface area contributed by atoms with Gasteiger partial charge in [0.1, 0.15) is 23.0 Å². The molecular formula is C36H24O4P2. The molecule has 0 aliphatic carbocycles. The van der Waals surface area contributed by atoms with E-state index < -0.39 is 16.8 Å². The van der Waals surface area contributed by atoms with Crippen LogP contribution in [0.1, 0.15) is 0 Å². The fraction of sp³-hybridized carbons (Fsp3) is 0. The Morgan fingerprint density at radius 3 is 1.12 bits per heavy atom. The maximum absolute atomic E-state index is 6.73. The third-order valence-electron chi connectivity index (χ3n) is 7.35. The summed E-state index contributed by atoms with van der Waals surface area (Å²) in [6.07, 6.45) is 0. The Morgan fingerprint density at radius 2 is 0.667 bits per heavy atom. The lowest BCUT2D eigenvalue weighted by Gasteiger charge is -2.29. The molecule has 0 spiro atoms. The number of para-hydroxylation sites is 4. The molecule has 0 amide bonds. The first-order valence-corrected chi connectivity index (χ1v) is 16.1. The SMILES string of the molecule is c1ccc(-c2ccccc2OP2Oc3ccccc3-c3ccccc32)c(OP2Oc3ccccc3-c3ccccc32)c1. The van der Waals surface area contributed by atoms with Gasteiger partial charge in [-0.3, -0.25) is 0 Å². The smallest absolute Gasteiger partial charge is 0.326 e. The molecule has 0 saturated heterocycles. The Hall–Kier alpha value is -4.62. The van der Waals surface area contributed by atoms with Gasteiger partial charge in [-0.1, -0.05) is 109 Å². The zero-order chi connectivity index (χ0) is 27.9. The van der Waals surface area contributed by atoms with Crippen molar-refractivity contribution in [2.24, 2.45) is 0 Å². The van der Waals surface area contributed by atoms with E-state index >= 15 is 0 Å². The van der Waals surface area contributed by atoms with E-state index in [1.54, 1.807) is 0 Å². The minimum atomic E-state index is -1.41. The monoisotopic (exact) mass is 582 g/mol. The Kier molecular flexibility index (Phi) is 6.37. The van der Waals surface area contributed by atoms with Gasteiger partial charge in [-0.15, -0.1) is 0 Å². The third-order valence-corrected chi connectivity index (χ3v) is 10.4. The summed E-state index contributed by atoms with van der Waals surface area (Å²) in [5, 5.41) is 2.11. The van der Waals surface area contributed by atoms with Crippen LogP contribution >= 0.6 is 16.8 Å². The molecule has 0 bridgehead atoms. The molecule has 2 aliphatic heterocycles. The first kappa shape index (κ1) is 25.1. The molecule has 0 saturated carbocycles. The number of rotatable bonds is 5. The van der Waals surface area contributed by atoms with E-state index in [9.17, 15) is 0 Å². The summed E-state index contributed by atoms with van der Waals surface area (Å²) in [5.74, 6) is 3.13. The molecule has 2 aliphatic rings. The van der Waals surface area contributed by atoms with E-state index in [2.05, 4.69) is 60.7 Å². The average Bonchev–Trinajstić information content (AvgIpc) is 3.06. The standard InChI is InChI=1S/C36H24O4P2/c1-7-19-31(37-41-35-23-11-5-17-29(35)27-15-3-9-21-33(27)39-41)25(13-1)26-14-2-8-20-32(26)38-42-36-24-12-6-18-30(36)28-16-4-10-22-34(28)40-42/h1-24H. The zero-order valence-electron chi connectivity index (χ0n) is 22.4. The van der Waals surface area contributed by atoms with Crippen LogP contribution in [0.25, 0.3) is 33.4 Å². The van der Waals surface area contributed by atoms with Crippen molar-refractivity contribution in [3.63, 3.8) is 0 Å². The molecule has 2 atom stereocenters. The summed E-state index contributed by atoms with van der Waals surface area (Å²) in [6.45, 7) is 0. The van der Waals surface area contributed by atoms with E-state index in [-0.39, 0.29) is 0 Å². The number of fused-ring (bicyclic) bond motifs is 6. The minimum absolute atomic E-state index is 0.733. The molecule has 0 fully saturated rings. The predicted octanol–water partition coefficient (Wildman–Crippen LogP) is 9.50. The molecule has 6 aromatic rings. The molecule has 0 radical (unpaired) electrons. The molecule has 8 rings (SSSR count). The maximum Gasteiger partial charge on any atom is 0.326 e. The van der Waals surface area contributed by atoms with Gasteiger partial charge >= 0.3 is 16.8 Å². The Bertz CT molecular complexity index is 1800. The molecule has 2 heterocycles. The summed E-state index contributed by atoms with van der Waals surface area (Å²) in [4.78, 5) is 0. The topological polar surface area (TPSA) is 36.9 Å². The van der Waals surface area contributed by atoms with Gasteiger partial charge in [0.25, 0.3) is 0 Å². The molecule has 42 heavy (non-hydrogen) atoms. The molecular weight excluding hydrogens is 558 g/mol. The van der Waals surface area contributed by atoms with Gasteiger partial charge in [0.2, 0.25) is 0 Å². The molecule has 0 N–H and O–H groups in total. The van der Waals surface area contributed by atoms with Crippen molar-refractivity contribution in [1.82, 2.24) is 0 Å². The van der Waals surface area contributed by atoms with Crippen molar-refractivity contribution >= 4 is 27.4 Å². The second kappa shape index (κ2) is 10.7. The number of hydrogen-bond acceptors (Lipinski definition) is 4. The van der Waals surface area contributed by atoms with Crippen molar-refractivity contribution in [2.45, 2.75) is 0 Å². The molecule has 6 aromatic carbocycles. The van der Waals surface area contributed by atoms with E-state index in [1.807, 2.05) is 84.9 Å². The highest BCUT2D eigenvalue weighted by Gasteiger charge is 2.32. The molecule has 0 aromatic heterocycles. The van der Waals surface area contributed by atoms with Gasteiger partial charge in [-0.2, -0.15) is 0 Å². The largest absolute Gasteiger partial charge is 0.435 e. The van der Waals surface area contributed by atoms with Crippen molar-refractivity contribution < 1.29 is 18.1 Å². The van der Waals surface area contributed by atoms with Crippen LogP contribution < -0.4 is 28.7 Å². The molecule has 202 valence electrons. The molecule has 4 nitrogen and oxygen atoms in total. The first-order valence-electron chi connectivity index (χ1n) is 13.7. The van der Waals surface area contributed by atoms with Crippen LogP contribution in [0.2, 0.25) is 0 Å². The van der Waals surface area contributed by atoms with Crippen molar-refractivity contribution in [3.05, 3.63) is 146 Å². The van der Waals surface area contributed by atoms with E-state index in [1.165, 1.54) is 0 Å². The van der Waals surface area contributed by atoms with Crippen molar-refractivity contribution in [3.8, 4) is 56.4 Å². The lowest BCUT2D eigenvalue weighted by molar-refractivity contribution is 0.497. The number of hydrogen-bond donors (Lipinski definition) is 0. The summed E-state index contributed by atoms with van der Waals surface area (Å²) in [5.41, 5.74) is 6.30. The summed E-state index contributed by atoms with van der Waals surface area (Å²) >= 11 is 0. The van der Waals surface area contributed by atoms with Crippen LogP contribution in [-0.2, 0) is 0 Å². The second-order valence-electron chi connectivity index (χ2n) is 9.90. The van der Waals surface area contributed by atoms with Gasteiger partial charge in [-0.05, 0) is 47.5 Å². The van der Waals surface area contributed by atoms with E-state index in [0.717, 1.165) is 67.0 Å². The Labute approximate surface area is 247 Å². The van der Waals surface area contributed by atoms with Crippen LogP contribution in [0, 0.1) is 0 Å². The number of benzene rings is 6. The lowest BCUT2D eigenvalue weighted by atomic mass is 10.0. The van der Waals surface area contributed by atoms with Crippen LogP contribution in [0.3, 0.4) is 0 Å². The fourth-order valence-electron chi connectivity index (χ4n) is 5.39. The van der Waals surface area contributed by atoms with Crippen LogP contribution in [-0.4, -0.2) is 0 Å². The zero-order valence-corrected chi connectivity index (χ0v) is 24.2. The normalized spacial score (nSPS) is 16.0. The highest BCUT2D eigenvalue weighted by atomic mass is 31.2. The van der Waals surface area contributed by atoms with Gasteiger partial charge in [0, 0.05) is 22.3 Å². The van der Waals surface area contributed by atoms with Crippen LogP contribution in [0.5, 0.6) is 23.0 Å². The highest BCUT2D eigenvalue weighted by Crippen LogP contribution is 2.53. The van der Waals surface area contributed by atoms with E-state index in [0.29, 0.717) is 0 Å². The summed E-state index contributed by atoms with van der Waals surface area (Å²) in [7, 11) is -2.82. The highest BCUT2D eigenvalue weighted by molar-refractivity contribution is 7.57. The van der Waals surface area contributed by atoms with Gasteiger partial charge < -0.3 is 18.1 Å². The Morgan fingerprint density at radius 1 is 0.333 bits per heavy atom. The third kappa shape index (κ3) is 4.41. The predicted molar refractivity (Wildman–Crippen MR) is 171 cm³/mol. The molecule has 6 heteroatoms. The van der Waals surface area contributed by atoms with Crippen LogP contribution in [0.4, 0.5) is 0 Å². The molecule has 2 unspecified atom stereocenters. The summed E-state index contributed by atoms with van der Waals surface area (Å²) in [6, 6.07) is 49.0. The summed E-state index contributed by atoms with van der Waals surface area (Å²) < 4.78 is 26.4. The van der Waals surface area contributed by atoms with Crippen molar-refractivity contribution in [1.29, 1.82) is 0 Å². The Balaban J connectivity index is 1.15. The quantitative estimate of drug-likeness (QED) is 0.190. The fourth-order valence-corrected chi connectivity index (χ4v) is 8.41. The lowest BCUT2D eigenvalue weighted by Crippen LogP contribution is -2.17.